The van der Waals surface area contributed by atoms with Crippen molar-refractivity contribution in [2.24, 2.45) is 0 Å². The largest absolute Gasteiger partial charge is 0.368 e. The summed E-state index contributed by atoms with van der Waals surface area (Å²) in [5.41, 5.74) is 2.16. The first-order chi connectivity index (χ1) is 9.54. The summed E-state index contributed by atoms with van der Waals surface area (Å²) >= 11 is 6.30. The predicted molar refractivity (Wildman–Crippen MR) is 84.4 cm³/mol. The van der Waals surface area contributed by atoms with Gasteiger partial charge in [-0.25, -0.2) is 9.97 Å². The molecule has 0 aliphatic rings. The molecule has 4 heteroatoms. The highest BCUT2D eigenvalue weighted by molar-refractivity contribution is 6.33. The molecule has 3 nitrogen and oxygen atoms in total. The summed E-state index contributed by atoms with van der Waals surface area (Å²) in [6.07, 6.45) is 2.36. The fraction of sp³-hybridized carbons (Fsp3) is 0.375. The maximum atomic E-state index is 6.30. The Kier molecular flexibility index (Phi) is 4.61. The van der Waals surface area contributed by atoms with E-state index in [1.54, 1.807) is 6.33 Å². The Morgan fingerprint density at radius 3 is 2.50 bits per heavy atom. The maximum Gasteiger partial charge on any atom is 0.148 e. The van der Waals surface area contributed by atoms with Crippen LogP contribution in [0.4, 0.5) is 5.82 Å². The van der Waals surface area contributed by atoms with Gasteiger partial charge in [0, 0.05) is 12.0 Å². The van der Waals surface area contributed by atoms with Crippen LogP contribution in [0, 0.1) is 0 Å². The van der Waals surface area contributed by atoms with Crippen molar-refractivity contribution in [2.45, 2.75) is 32.6 Å². The Balaban J connectivity index is 2.13. The SMILES string of the molecule is CCc1ncnc(NCC(C)(C)c2ccccc2)c1Cl. The molecule has 0 saturated heterocycles. The zero-order valence-electron chi connectivity index (χ0n) is 12.2. The van der Waals surface area contributed by atoms with Gasteiger partial charge in [0.25, 0.3) is 0 Å². The number of benzene rings is 1. The summed E-state index contributed by atoms with van der Waals surface area (Å²) in [4.78, 5) is 8.41. The molecular weight excluding hydrogens is 270 g/mol. The summed E-state index contributed by atoms with van der Waals surface area (Å²) in [6, 6.07) is 10.4. The van der Waals surface area contributed by atoms with E-state index in [-0.39, 0.29) is 5.41 Å². The second kappa shape index (κ2) is 6.23. The number of nitrogens with zero attached hydrogens (tertiary/aromatic N) is 2. The summed E-state index contributed by atoms with van der Waals surface area (Å²) in [6.45, 7) is 7.19. The van der Waals surface area contributed by atoms with Gasteiger partial charge in [-0.1, -0.05) is 62.7 Å². The second-order valence-electron chi connectivity index (χ2n) is 5.44. The molecule has 0 fully saturated rings. The fourth-order valence-corrected chi connectivity index (χ4v) is 2.37. The lowest BCUT2D eigenvalue weighted by molar-refractivity contribution is 0.556. The molecule has 1 aromatic heterocycles. The van der Waals surface area contributed by atoms with E-state index in [0.717, 1.165) is 18.7 Å². The molecule has 20 heavy (non-hydrogen) atoms. The molecule has 0 aliphatic heterocycles. The van der Waals surface area contributed by atoms with Gasteiger partial charge in [-0.05, 0) is 12.0 Å². The molecule has 0 atom stereocenters. The summed E-state index contributed by atoms with van der Waals surface area (Å²) in [7, 11) is 0. The van der Waals surface area contributed by atoms with Crippen molar-refractivity contribution in [2.75, 3.05) is 11.9 Å². The van der Waals surface area contributed by atoms with E-state index in [4.69, 9.17) is 11.6 Å². The standard InChI is InChI=1S/C16H20ClN3/c1-4-13-14(17)15(20-11-19-13)18-10-16(2,3)12-8-6-5-7-9-12/h5-9,11H,4,10H2,1-3H3,(H,18,19,20). The molecule has 2 rings (SSSR count). The molecule has 0 saturated carbocycles. The first-order valence-electron chi connectivity index (χ1n) is 6.83. The normalized spacial score (nSPS) is 11.4. The zero-order chi connectivity index (χ0) is 14.6. The molecule has 0 aliphatic carbocycles. The van der Waals surface area contributed by atoms with Crippen LogP contribution in [0.2, 0.25) is 5.02 Å². The number of halogens is 1. The quantitative estimate of drug-likeness (QED) is 0.901. The van der Waals surface area contributed by atoms with Crippen molar-refractivity contribution < 1.29 is 0 Å². The van der Waals surface area contributed by atoms with Gasteiger partial charge in [0.15, 0.2) is 0 Å². The smallest absolute Gasteiger partial charge is 0.148 e. The van der Waals surface area contributed by atoms with E-state index in [2.05, 4.69) is 53.4 Å². The minimum absolute atomic E-state index is 0.00190. The summed E-state index contributed by atoms with van der Waals surface area (Å²) in [5.74, 6) is 0.711. The van der Waals surface area contributed by atoms with Gasteiger partial charge in [0.2, 0.25) is 0 Å². The van der Waals surface area contributed by atoms with Crippen LogP contribution in [0.1, 0.15) is 32.0 Å². The van der Waals surface area contributed by atoms with Gasteiger partial charge in [0.05, 0.1) is 5.69 Å². The van der Waals surface area contributed by atoms with Gasteiger partial charge in [-0.3, -0.25) is 0 Å². The lowest BCUT2D eigenvalue weighted by Crippen LogP contribution is -2.28. The highest BCUT2D eigenvalue weighted by Gasteiger charge is 2.21. The molecule has 1 N–H and O–H groups in total. The van der Waals surface area contributed by atoms with E-state index in [1.807, 2.05) is 13.0 Å². The zero-order valence-corrected chi connectivity index (χ0v) is 12.9. The van der Waals surface area contributed by atoms with Crippen molar-refractivity contribution in [3.05, 3.63) is 52.9 Å². The van der Waals surface area contributed by atoms with Crippen LogP contribution in [0.25, 0.3) is 0 Å². The van der Waals surface area contributed by atoms with Gasteiger partial charge in [-0.2, -0.15) is 0 Å². The minimum atomic E-state index is 0.00190. The van der Waals surface area contributed by atoms with Crippen molar-refractivity contribution in [1.29, 1.82) is 0 Å². The molecule has 0 amide bonds. The Bertz CT molecular complexity index is 567. The number of nitrogens with one attached hydrogen (secondary N) is 1. The van der Waals surface area contributed by atoms with E-state index in [1.165, 1.54) is 5.56 Å². The Morgan fingerprint density at radius 2 is 1.85 bits per heavy atom. The topological polar surface area (TPSA) is 37.8 Å². The molecule has 1 aromatic carbocycles. The lowest BCUT2D eigenvalue weighted by atomic mass is 9.84. The van der Waals surface area contributed by atoms with E-state index < -0.39 is 0 Å². The molecule has 0 bridgehead atoms. The number of rotatable bonds is 5. The van der Waals surface area contributed by atoms with E-state index in [0.29, 0.717) is 10.8 Å². The number of hydrogen-bond donors (Lipinski definition) is 1. The first-order valence-corrected chi connectivity index (χ1v) is 7.21. The van der Waals surface area contributed by atoms with Gasteiger partial charge in [0.1, 0.15) is 17.2 Å². The van der Waals surface area contributed by atoms with Crippen molar-refractivity contribution in [3.8, 4) is 0 Å². The van der Waals surface area contributed by atoms with Crippen LogP contribution in [-0.4, -0.2) is 16.5 Å². The predicted octanol–water partition coefficient (Wildman–Crippen LogP) is 4.08. The van der Waals surface area contributed by atoms with Crippen LogP contribution < -0.4 is 5.32 Å². The molecule has 0 unspecified atom stereocenters. The highest BCUT2D eigenvalue weighted by Crippen LogP contribution is 2.26. The summed E-state index contributed by atoms with van der Waals surface area (Å²) in [5, 5.41) is 3.97. The second-order valence-corrected chi connectivity index (χ2v) is 5.82. The Hall–Kier alpha value is -1.61. The molecule has 2 aromatic rings. The third kappa shape index (κ3) is 3.28. The van der Waals surface area contributed by atoms with Crippen LogP contribution in [-0.2, 0) is 11.8 Å². The van der Waals surface area contributed by atoms with E-state index >= 15 is 0 Å². The van der Waals surface area contributed by atoms with Crippen LogP contribution in [0.5, 0.6) is 0 Å². The molecule has 0 spiro atoms. The monoisotopic (exact) mass is 289 g/mol. The third-order valence-electron chi connectivity index (χ3n) is 3.45. The highest BCUT2D eigenvalue weighted by atomic mass is 35.5. The summed E-state index contributed by atoms with van der Waals surface area (Å²) < 4.78 is 0. The number of aromatic nitrogens is 2. The van der Waals surface area contributed by atoms with Crippen LogP contribution in [0.15, 0.2) is 36.7 Å². The van der Waals surface area contributed by atoms with Crippen LogP contribution >= 0.6 is 11.6 Å². The number of hydrogen-bond acceptors (Lipinski definition) is 3. The Morgan fingerprint density at radius 1 is 1.15 bits per heavy atom. The van der Waals surface area contributed by atoms with Crippen molar-refractivity contribution in [3.63, 3.8) is 0 Å². The van der Waals surface area contributed by atoms with Gasteiger partial charge >= 0.3 is 0 Å². The average molecular weight is 290 g/mol. The molecule has 0 radical (unpaired) electrons. The minimum Gasteiger partial charge on any atom is -0.368 e. The molecule has 106 valence electrons. The lowest BCUT2D eigenvalue weighted by Gasteiger charge is -2.26. The average Bonchev–Trinajstić information content (AvgIpc) is 2.47. The Labute approximate surface area is 125 Å². The molecule has 1 heterocycles. The number of anilines is 1. The van der Waals surface area contributed by atoms with E-state index in [9.17, 15) is 0 Å². The van der Waals surface area contributed by atoms with Gasteiger partial charge in [-0.15, -0.1) is 0 Å². The van der Waals surface area contributed by atoms with Gasteiger partial charge < -0.3 is 5.32 Å². The maximum absolute atomic E-state index is 6.30. The van der Waals surface area contributed by atoms with Crippen LogP contribution in [0.3, 0.4) is 0 Å². The first kappa shape index (κ1) is 14.8. The van der Waals surface area contributed by atoms with Crippen molar-refractivity contribution >= 4 is 17.4 Å². The third-order valence-corrected chi connectivity index (χ3v) is 3.85. The number of aryl methyl sites for hydroxylation is 1. The fourth-order valence-electron chi connectivity index (χ4n) is 2.07. The van der Waals surface area contributed by atoms with Crippen molar-refractivity contribution in [1.82, 2.24) is 9.97 Å². The molecular formula is C16H20ClN3.